The average Bonchev–Trinajstić information content (AvgIpc) is 3.05. The smallest absolute Gasteiger partial charge is 0.150 e. The fourth-order valence-corrected chi connectivity index (χ4v) is 7.89. The maximum atomic E-state index is 12.0. The molecule has 0 atom stereocenters. The Bertz CT molecular complexity index is 2300. The van der Waals surface area contributed by atoms with E-state index in [4.69, 9.17) is 0 Å². The van der Waals surface area contributed by atoms with Gasteiger partial charge in [0, 0.05) is 20.3 Å². The highest BCUT2D eigenvalue weighted by molar-refractivity contribution is 14.1. The summed E-state index contributed by atoms with van der Waals surface area (Å²) in [5.41, 5.74) is 4.84. The number of hydrogen-bond donors (Lipinski definition) is 0. The molecule has 0 aliphatic carbocycles. The molecular formula is C39H23IO2. The molecule has 0 unspecified atom stereocenters. The van der Waals surface area contributed by atoms with Crippen LogP contribution in [-0.2, 0) is 0 Å². The molecule has 3 heteroatoms. The largest absolute Gasteiger partial charge is 0.298 e. The predicted octanol–water partition coefficient (Wildman–Crippen LogP) is 10.8. The molecule has 8 aromatic rings. The van der Waals surface area contributed by atoms with Crippen LogP contribution in [-0.4, -0.2) is 12.6 Å². The van der Waals surface area contributed by atoms with Crippen molar-refractivity contribution in [2.45, 2.75) is 6.92 Å². The summed E-state index contributed by atoms with van der Waals surface area (Å²) >= 11 is 2.53. The molecule has 198 valence electrons. The van der Waals surface area contributed by atoms with E-state index in [1.807, 2.05) is 36.4 Å². The molecule has 0 aliphatic heterocycles. The predicted molar refractivity (Wildman–Crippen MR) is 185 cm³/mol. The summed E-state index contributed by atoms with van der Waals surface area (Å²) in [7, 11) is 0. The second-order valence-electron chi connectivity index (χ2n) is 11.0. The number of carbonyl (C=O) groups is 2. The van der Waals surface area contributed by atoms with Gasteiger partial charge in [-0.2, -0.15) is 0 Å². The molecule has 0 aliphatic rings. The molecular weight excluding hydrogens is 627 g/mol. The summed E-state index contributed by atoms with van der Waals surface area (Å²) < 4.78 is 1.17. The Balaban J connectivity index is 1.73. The lowest BCUT2D eigenvalue weighted by molar-refractivity contribution is 0.111. The van der Waals surface area contributed by atoms with Gasteiger partial charge in [-0.3, -0.25) is 9.59 Å². The van der Waals surface area contributed by atoms with Crippen LogP contribution in [0.4, 0.5) is 0 Å². The second-order valence-corrected chi connectivity index (χ2v) is 12.0. The first kappa shape index (κ1) is 25.1. The van der Waals surface area contributed by atoms with E-state index in [2.05, 4.69) is 102 Å². The van der Waals surface area contributed by atoms with Crippen molar-refractivity contribution in [2.24, 2.45) is 0 Å². The van der Waals surface area contributed by atoms with Crippen molar-refractivity contribution in [1.29, 1.82) is 0 Å². The van der Waals surface area contributed by atoms with Gasteiger partial charge in [0.05, 0.1) is 0 Å². The first-order chi connectivity index (χ1) is 20.6. The van der Waals surface area contributed by atoms with Crippen molar-refractivity contribution in [1.82, 2.24) is 0 Å². The molecule has 8 rings (SSSR count). The summed E-state index contributed by atoms with van der Waals surface area (Å²) in [6, 6.07) is 37.9. The van der Waals surface area contributed by atoms with Gasteiger partial charge in [0.15, 0.2) is 0 Å². The fourth-order valence-electron chi connectivity index (χ4n) is 6.88. The van der Waals surface area contributed by atoms with Crippen LogP contribution in [0.3, 0.4) is 0 Å². The van der Waals surface area contributed by atoms with Gasteiger partial charge < -0.3 is 0 Å². The van der Waals surface area contributed by atoms with Crippen molar-refractivity contribution in [2.75, 3.05) is 0 Å². The molecule has 0 aromatic heterocycles. The van der Waals surface area contributed by atoms with Gasteiger partial charge in [-0.1, -0.05) is 97.1 Å². The molecule has 0 bridgehead atoms. The standard InChI is InChI=1S/C39H23IO2/c1-22-27-6-2-3-7-28(27)30-16-14-25-12-10-23(20-41)18-33(25)36(30)35(22)38-37-31(29-8-4-5-9-32(29)39(38)40)17-15-26-13-11-24(21-42)19-34(26)37/h2-21H,1H3. The molecule has 0 heterocycles. The zero-order valence-electron chi connectivity index (χ0n) is 22.7. The highest BCUT2D eigenvalue weighted by Crippen LogP contribution is 2.49. The molecule has 42 heavy (non-hydrogen) atoms. The Morgan fingerprint density at radius 3 is 1.48 bits per heavy atom. The van der Waals surface area contributed by atoms with E-state index < -0.39 is 0 Å². The number of halogens is 1. The van der Waals surface area contributed by atoms with Gasteiger partial charge in [0.1, 0.15) is 12.6 Å². The third-order valence-electron chi connectivity index (χ3n) is 8.78. The Labute approximate surface area is 255 Å². The third-order valence-corrected chi connectivity index (χ3v) is 9.90. The first-order valence-corrected chi connectivity index (χ1v) is 15.0. The van der Waals surface area contributed by atoms with E-state index in [0.29, 0.717) is 11.1 Å². The van der Waals surface area contributed by atoms with E-state index in [-0.39, 0.29) is 0 Å². The number of fused-ring (bicyclic) bond motifs is 10. The SMILES string of the molecule is Cc1c(-c2c(I)c3ccccc3c3ccc4ccc(C=O)cc4c23)c2c3cc(C=O)ccc3ccc2c2ccccc12. The number of benzene rings is 8. The summed E-state index contributed by atoms with van der Waals surface area (Å²) in [6.45, 7) is 2.22. The van der Waals surface area contributed by atoms with Crippen LogP contribution in [0.15, 0.2) is 109 Å². The Morgan fingerprint density at radius 2 is 0.929 bits per heavy atom. The van der Waals surface area contributed by atoms with Crippen LogP contribution in [0.25, 0.3) is 75.8 Å². The van der Waals surface area contributed by atoms with Crippen molar-refractivity contribution in [3.63, 3.8) is 0 Å². The van der Waals surface area contributed by atoms with E-state index in [1.165, 1.54) is 36.2 Å². The number of carbonyl (C=O) groups excluding carboxylic acids is 2. The first-order valence-electron chi connectivity index (χ1n) is 13.9. The number of hydrogen-bond acceptors (Lipinski definition) is 2. The third kappa shape index (κ3) is 3.50. The zero-order chi connectivity index (χ0) is 28.5. The average molecular weight is 651 g/mol. The summed E-state index contributed by atoms with van der Waals surface area (Å²) in [5, 5.41) is 13.7. The molecule has 0 N–H and O–H groups in total. The highest BCUT2D eigenvalue weighted by Gasteiger charge is 2.23. The monoisotopic (exact) mass is 650 g/mol. The van der Waals surface area contributed by atoms with Gasteiger partial charge >= 0.3 is 0 Å². The molecule has 8 aromatic carbocycles. The van der Waals surface area contributed by atoms with E-state index in [9.17, 15) is 9.59 Å². The van der Waals surface area contributed by atoms with Crippen molar-refractivity contribution >= 4 is 99.8 Å². The summed E-state index contributed by atoms with van der Waals surface area (Å²) in [6.07, 6.45) is 1.85. The fraction of sp³-hybridized carbons (Fsp3) is 0.0256. The van der Waals surface area contributed by atoms with Gasteiger partial charge in [-0.25, -0.2) is 0 Å². The Morgan fingerprint density at radius 1 is 0.476 bits per heavy atom. The van der Waals surface area contributed by atoms with E-state index in [0.717, 1.165) is 61.2 Å². The van der Waals surface area contributed by atoms with Crippen LogP contribution >= 0.6 is 22.6 Å². The van der Waals surface area contributed by atoms with Crippen molar-refractivity contribution < 1.29 is 9.59 Å². The van der Waals surface area contributed by atoms with Gasteiger partial charge in [-0.15, -0.1) is 0 Å². The molecule has 2 nitrogen and oxygen atoms in total. The number of aldehydes is 2. The maximum Gasteiger partial charge on any atom is 0.150 e. The van der Waals surface area contributed by atoms with Crippen molar-refractivity contribution in [3.05, 3.63) is 129 Å². The number of aryl methyl sites for hydroxylation is 1. The van der Waals surface area contributed by atoms with Crippen LogP contribution in [0, 0.1) is 10.5 Å². The lowest BCUT2D eigenvalue weighted by Gasteiger charge is -2.22. The lowest BCUT2D eigenvalue weighted by atomic mass is 9.82. The van der Waals surface area contributed by atoms with E-state index >= 15 is 0 Å². The van der Waals surface area contributed by atoms with Crippen LogP contribution in [0.1, 0.15) is 26.3 Å². The molecule has 0 saturated heterocycles. The van der Waals surface area contributed by atoms with Crippen molar-refractivity contribution in [3.8, 4) is 11.1 Å². The highest BCUT2D eigenvalue weighted by atomic mass is 127. The minimum Gasteiger partial charge on any atom is -0.298 e. The molecule has 0 amide bonds. The normalized spacial score (nSPS) is 11.8. The summed E-state index contributed by atoms with van der Waals surface area (Å²) in [5.74, 6) is 0. The lowest BCUT2D eigenvalue weighted by Crippen LogP contribution is -1.97. The summed E-state index contributed by atoms with van der Waals surface area (Å²) in [4.78, 5) is 23.9. The maximum absolute atomic E-state index is 12.0. The van der Waals surface area contributed by atoms with Gasteiger partial charge in [0.2, 0.25) is 0 Å². The quantitative estimate of drug-likeness (QED) is 0.108. The molecule has 0 radical (unpaired) electrons. The molecule has 0 saturated carbocycles. The van der Waals surface area contributed by atoms with E-state index in [1.54, 1.807) is 0 Å². The van der Waals surface area contributed by atoms with Crippen LogP contribution < -0.4 is 0 Å². The number of rotatable bonds is 3. The zero-order valence-corrected chi connectivity index (χ0v) is 24.9. The molecule has 0 spiro atoms. The Kier molecular flexibility index (Phi) is 5.66. The topological polar surface area (TPSA) is 34.1 Å². The second kappa shape index (κ2) is 9.47. The van der Waals surface area contributed by atoms with Gasteiger partial charge in [-0.05, 0) is 117 Å². The minimum absolute atomic E-state index is 0.658. The minimum atomic E-state index is 0.658. The van der Waals surface area contributed by atoms with Crippen LogP contribution in [0.2, 0.25) is 0 Å². The molecule has 0 fully saturated rings. The van der Waals surface area contributed by atoms with Crippen LogP contribution in [0.5, 0.6) is 0 Å². The Hall–Kier alpha value is -4.61. The van der Waals surface area contributed by atoms with Gasteiger partial charge in [0.25, 0.3) is 0 Å².